The summed E-state index contributed by atoms with van der Waals surface area (Å²) in [7, 11) is -4.39. The number of rotatable bonds is 10. The molecule has 0 atom stereocenters. The predicted molar refractivity (Wildman–Crippen MR) is 122 cm³/mol. The average Bonchev–Trinajstić information content (AvgIpc) is 3.23. The Hall–Kier alpha value is -3.11. The van der Waals surface area contributed by atoms with Gasteiger partial charge in [-0.1, -0.05) is 36.4 Å². The Labute approximate surface area is 194 Å². The molecule has 0 fully saturated rings. The van der Waals surface area contributed by atoms with Crippen molar-refractivity contribution >= 4 is 22.3 Å². The van der Waals surface area contributed by atoms with Crippen molar-refractivity contribution in [3.8, 4) is 0 Å². The summed E-state index contributed by atoms with van der Waals surface area (Å²) in [5.41, 5.74) is -0.208. The van der Waals surface area contributed by atoms with Gasteiger partial charge in [-0.05, 0) is 45.4 Å². The van der Waals surface area contributed by atoms with E-state index in [1.165, 1.54) is 12.3 Å². The van der Waals surface area contributed by atoms with Crippen LogP contribution in [-0.2, 0) is 37.6 Å². The summed E-state index contributed by atoms with van der Waals surface area (Å²) in [6.07, 6.45) is 2.70. The van der Waals surface area contributed by atoms with E-state index in [9.17, 15) is 18.0 Å². The second-order valence-electron chi connectivity index (χ2n) is 8.01. The van der Waals surface area contributed by atoms with E-state index in [4.69, 9.17) is 13.9 Å². The monoisotopic (exact) mass is 478 g/mol. The van der Waals surface area contributed by atoms with Gasteiger partial charge in [-0.25, -0.2) is 9.59 Å². The number of esters is 1. The molecule has 1 aromatic carbocycles. The zero-order valence-corrected chi connectivity index (χ0v) is 20.1. The molecule has 0 aliphatic heterocycles. The molecule has 0 N–H and O–H groups in total. The van der Waals surface area contributed by atoms with Crippen LogP contribution >= 0.6 is 0 Å². The average molecular weight is 479 g/mol. The van der Waals surface area contributed by atoms with E-state index in [1.54, 1.807) is 64.1 Å². The lowest BCUT2D eigenvalue weighted by molar-refractivity contribution is -0.137. The predicted octanol–water partition coefficient (Wildman–Crippen LogP) is 3.88. The second-order valence-corrected chi connectivity index (χ2v) is 9.86. The lowest BCUT2D eigenvalue weighted by atomic mass is 10.2. The van der Waals surface area contributed by atoms with Crippen LogP contribution in [0.5, 0.6) is 0 Å². The van der Waals surface area contributed by atoms with E-state index in [1.807, 2.05) is 6.07 Å². The quantitative estimate of drug-likeness (QED) is 0.377. The number of hydrogen-bond donors (Lipinski definition) is 0. The summed E-state index contributed by atoms with van der Waals surface area (Å²) in [5.74, 6) is -0.239. The minimum absolute atomic E-state index is 0.00916. The molecule has 0 saturated carbocycles. The van der Waals surface area contributed by atoms with Crippen molar-refractivity contribution < 1.29 is 31.9 Å². The summed E-state index contributed by atoms with van der Waals surface area (Å²) in [5, 5.41) is 0. The molecule has 2 rings (SSSR count). The van der Waals surface area contributed by atoms with Gasteiger partial charge in [0.1, 0.15) is 11.4 Å². The second kappa shape index (κ2) is 11.7. The molecule has 0 aliphatic carbocycles. The zero-order chi connectivity index (χ0) is 24.5. The highest BCUT2D eigenvalue weighted by atomic mass is 32.2. The number of amides is 1. The van der Waals surface area contributed by atoms with Crippen molar-refractivity contribution in [1.29, 1.82) is 0 Å². The van der Waals surface area contributed by atoms with Crippen LogP contribution < -0.4 is 0 Å². The van der Waals surface area contributed by atoms with Crippen molar-refractivity contribution in [3.63, 3.8) is 0 Å². The van der Waals surface area contributed by atoms with Crippen LogP contribution in [0.1, 0.15) is 39.0 Å². The van der Waals surface area contributed by atoms with Crippen LogP contribution in [0.25, 0.3) is 0 Å². The molecule has 1 aromatic heterocycles. The number of carbonyl (C=O) groups is 2. The highest BCUT2D eigenvalue weighted by Crippen LogP contribution is 2.20. The van der Waals surface area contributed by atoms with Gasteiger partial charge >= 0.3 is 22.3 Å². The number of ether oxygens (including phenoxy) is 2. The molecule has 0 spiro atoms. The molecule has 0 bridgehead atoms. The maximum Gasteiger partial charge on any atom is 0.425 e. The van der Waals surface area contributed by atoms with Crippen LogP contribution in [-0.4, -0.2) is 47.8 Å². The molecule has 2 aromatic rings. The molecular formula is C23H30N2O7S. The Bertz CT molecular complexity index is 1030. The Balaban J connectivity index is 2.40. The van der Waals surface area contributed by atoms with Crippen LogP contribution in [0.4, 0.5) is 4.79 Å². The van der Waals surface area contributed by atoms with Gasteiger partial charge < -0.3 is 13.9 Å². The van der Waals surface area contributed by atoms with E-state index in [2.05, 4.69) is 0 Å². The summed E-state index contributed by atoms with van der Waals surface area (Å²) >= 11 is 0. The molecule has 9 nitrogen and oxygen atoms in total. The molecule has 0 unspecified atom stereocenters. The van der Waals surface area contributed by atoms with Crippen molar-refractivity contribution in [1.82, 2.24) is 8.61 Å². The molecule has 0 saturated heterocycles. The Morgan fingerprint density at radius 1 is 1.06 bits per heavy atom. The molecule has 10 heteroatoms. The summed E-state index contributed by atoms with van der Waals surface area (Å²) in [4.78, 5) is 24.5. The largest absolute Gasteiger partial charge is 0.468 e. The first kappa shape index (κ1) is 26.1. The molecule has 0 radical (unpaired) electrons. The van der Waals surface area contributed by atoms with Gasteiger partial charge in [-0.15, -0.1) is 0 Å². The van der Waals surface area contributed by atoms with Crippen LogP contribution in [0, 0.1) is 0 Å². The molecule has 33 heavy (non-hydrogen) atoms. The fourth-order valence-electron chi connectivity index (χ4n) is 2.73. The van der Waals surface area contributed by atoms with E-state index >= 15 is 0 Å². The van der Waals surface area contributed by atoms with Crippen LogP contribution in [0.2, 0.25) is 0 Å². The van der Waals surface area contributed by atoms with E-state index < -0.39 is 34.4 Å². The molecule has 1 heterocycles. The van der Waals surface area contributed by atoms with Gasteiger partial charge in [-0.3, -0.25) is 0 Å². The number of nitrogens with zero attached hydrogens (tertiary/aromatic N) is 2. The Morgan fingerprint density at radius 2 is 1.76 bits per heavy atom. The van der Waals surface area contributed by atoms with E-state index in [0.29, 0.717) is 10.1 Å². The topological polar surface area (TPSA) is 106 Å². The minimum atomic E-state index is -4.39. The maximum absolute atomic E-state index is 13.6. The number of carbonyl (C=O) groups excluding carboxylic acids is 2. The Morgan fingerprint density at radius 3 is 2.33 bits per heavy atom. The Kier molecular flexibility index (Phi) is 9.24. The van der Waals surface area contributed by atoms with Gasteiger partial charge in [0, 0.05) is 12.6 Å². The first-order valence-corrected chi connectivity index (χ1v) is 11.8. The SMILES string of the molecule is CCOC(=O)/C=C/CN(C(=O)OC(C)(C)C)S(=O)(=O)N(Cc1ccccc1)Cc1ccco1. The third-order valence-electron chi connectivity index (χ3n) is 4.13. The molecule has 180 valence electrons. The standard InChI is InChI=1S/C23H30N2O7S/c1-5-30-21(26)14-9-15-25(22(27)32-23(2,3)4)33(28,29)24(18-20-13-10-16-31-20)17-19-11-7-6-8-12-19/h6-14,16H,5,15,17-18H2,1-4H3/b14-9+. The van der Waals surface area contributed by atoms with Crippen molar-refractivity contribution in [2.24, 2.45) is 0 Å². The first-order chi connectivity index (χ1) is 15.5. The molecule has 0 aliphatic rings. The van der Waals surface area contributed by atoms with E-state index in [-0.39, 0.29) is 19.7 Å². The van der Waals surface area contributed by atoms with Crippen LogP contribution in [0.15, 0.2) is 65.3 Å². The molecular weight excluding hydrogens is 448 g/mol. The minimum Gasteiger partial charge on any atom is -0.468 e. The van der Waals surface area contributed by atoms with Gasteiger partial charge in [0.25, 0.3) is 0 Å². The third kappa shape index (κ3) is 8.39. The lowest BCUT2D eigenvalue weighted by Gasteiger charge is -2.30. The zero-order valence-electron chi connectivity index (χ0n) is 19.3. The van der Waals surface area contributed by atoms with E-state index in [0.717, 1.165) is 15.9 Å². The number of hydrogen-bond acceptors (Lipinski definition) is 7. The summed E-state index contributed by atoms with van der Waals surface area (Å²) in [6, 6.07) is 12.3. The number of benzene rings is 1. The molecule has 1 amide bonds. The third-order valence-corrected chi connectivity index (χ3v) is 5.89. The van der Waals surface area contributed by atoms with Crippen molar-refractivity contribution in [3.05, 3.63) is 72.2 Å². The van der Waals surface area contributed by atoms with Gasteiger partial charge in [0.2, 0.25) is 0 Å². The summed E-state index contributed by atoms with van der Waals surface area (Å²) < 4.78 is 44.5. The van der Waals surface area contributed by atoms with Gasteiger partial charge in [-0.2, -0.15) is 17.0 Å². The van der Waals surface area contributed by atoms with Gasteiger partial charge in [0.15, 0.2) is 0 Å². The fourth-order valence-corrected chi connectivity index (χ4v) is 4.11. The lowest BCUT2D eigenvalue weighted by Crippen LogP contribution is -2.48. The fraction of sp³-hybridized carbons (Fsp3) is 0.391. The highest BCUT2D eigenvalue weighted by molar-refractivity contribution is 7.87. The van der Waals surface area contributed by atoms with Crippen molar-refractivity contribution in [2.75, 3.05) is 13.2 Å². The van der Waals surface area contributed by atoms with Gasteiger partial charge in [0.05, 0.1) is 26.0 Å². The van der Waals surface area contributed by atoms with Crippen LogP contribution in [0.3, 0.4) is 0 Å². The number of furan rings is 1. The summed E-state index contributed by atoms with van der Waals surface area (Å²) in [6.45, 7) is 6.19. The maximum atomic E-state index is 13.6. The normalized spacial score (nSPS) is 12.2. The van der Waals surface area contributed by atoms with Crippen molar-refractivity contribution in [2.45, 2.75) is 46.4 Å². The highest BCUT2D eigenvalue weighted by Gasteiger charge is 2.36. The first-order valence-electron chi connectivity index (χ1n) is 10.4. The smallest absolute Gasteiger partial charge is 0.425 e.